The van der Waals surface area contributed by atoms with Gasteiger partial charge in [0.25, 0.3) is 0 Å². The van der Waals surface area contributed by atoms with Crippen molar-refractivity contribution in [2.75, 3.05) is 0 Å². The first kappa shape index (κ1) is 32.3. The fraction of sp³-hybridized carbons (Fsp3) is 0.115. The minimum Gasteiger partial charge on any atom is -0.228 e. The molecule has 2 aromatic heterocycles. The Kier molecular flexibility index (Phi) is 7.63. The van der Waals surface area contributed by atoms with E-state index in [0.717, 1.165) is 33.9 Å². The van der Waals surface area contributed by atoms with Gasteiger partial charge in [-0.25, -0.2) is 9.97 Å². The van der Waals surface area contributed by atoms with E-state index in [1.165, 1.54) is 96.8 Å². The Morgan fingerprint density at radius 3 is 1.69 bits per heavy atom. The molecule has 0 atom stereocenters. The van der Waals surface area contributed by atoms with Crippen LogP contribution < -0.4 is 0 Å². The van der Waals surface area contributed by atoms with Crippen LogP contribution in [-0.2, 0) is 5.41 Å². The Bertz CT molecular complexity index is 2880. The Balaban J connectivity index is 1.03. The highest BCUT2D eigenvalue weighted by Crippen LogP contribution is 2.58. The second-order valence-electron chi connectivity index (χ2n) is 15.2. The largest absolute Gasteiger partial charge is 0.228 e. The smallest absolute Gasteiger partial charge is 0.160 e. The second-order valence-corrected chi connectivity index (χ2v) is 16.3. The van der Waals surface area contributed by atoms with Crippen molar-refractivity contribution in [2.45, 2.75) is 37.5 Å². The number of aromatic nitrogens is 2. The van der Waals surface area contributed by atoms with Crippen molar-refractivity contribution in [3.05, 3.63) is 181 Å². The number of fused-ring (bicyclic) bond motifs is 8. The van der Waals surface area contributed by atoms with Crippen LogP contribution in [0.2, 0.25) is 0 Å². The van der Waals surface area contributed by atoms with Crippen molar-refractivity contribution in [2.24, 2.45) is 0 Å². The highest BCUT2D eigenvalue weighted by molar-refractivity contribution is 7.25. The average molecular weight is 723 g/mol. The topological polar surface area (TPSA) is 25.8 Å². The highest BCUT2D eigenvalue weighted by Gasteiger charge is 2.44. The molecule has 55 heavy (non-hydrogen) atoms. The third kappa shape index (κ3) is 5.37. The van der Waals surface area contributed by atoms with Crippen LogP contribution in [0.1, 0.15) is 43.2 Å². The van der Waals surface area contributed by atoms with Crippen molar-refractivity contribution >= 4 is 31.5 Å². The third-order valence-corrected chi connectivity index (χ3v) is 13.3. The Labute approximate surface area is 325 Å². The van der Waals surface area contributed by atoms with Gasteiger partial charge in [0.05, 0.1) is 11.4 Å². The molecule has 2 aliphatic carbocycles. The van der Waals surface area contributed by atoms with Crippen molar-refractivity contribution in [3.63, 3.8) is 0 Å². The Hall–Kier alpha value is -6.16. The maximum atomic E-state index is 5.20. The summed E-state index contributed by atoms with van der Waals surface area (Å²) in [6.07, 6.45) is 6.43. The van der Waals surface area contributed by atoms with E-state index in [-0.39, 0.29) is 5.41 Å². The fourth-order valence-corrected chi connectivity index (χ4v) is 10.5. The molecular weight excluding hydrogens is 685 g/mol. The van der Waals surface area contributed by atoms with Crippen molar-refractivity contribution in [1.82, 2.24) is 9.97 Å². The van der Waals surface area contributed by atoms with E-state index < -0.39 is 0 Å². The lowest BCUT2D eigenvalue weighted by atomic mass is 9.68. The second kappa shape index (κ2) is 13.0. The van der Waals surface area contributed by atoms with E-state index in [2.05, 4.69) is 164 Å². The minimum atomic E-state index is 0.146. The maximum absolute atomic E-state index is 5.20. The summed E-state index contributed by atoms with van der Waals surface area (Å²) in [6, 6.07) is 62.0. The third-order valence-electron chi connectivity index (χ3n) is 12.1. The standard InChI is InChI=1S/C52H38N2S/c1-4-13-34(14-5-1)35-21-23-36(24-22-35)46-33-47(54-51(53-46)37-15-6-2-7-16-37)39-26-28-49-43(32-39)42-31-38(25-27-48(42)55-49)40-18-12-20-45-50(40)41-17-8-9-19-44(41)52(45)29-10-3-11-30-52/h1-2,4-9,12-28,31-33H,3,10-11,29-30H2. The van der Waals surface area contributed by atoms with Crippen molar-refractivity contribution in [3.8, 4) is 67.3 Å². The van der Waals surface area contributed by atoms with Gasteiger partial charge in [0, 0.05) is 42.3 Å². The van der Waals surface area contributed by atoms with Gasteiger partial charge in [-0.05, 0) is 87.7 Å². The zero-order chi connectivity index (χ0) is 36.3. The Morgan fingerprint density at radius 2 is 0.945 bits per heavy atom. The van der Waals surface area contributed by atoms with E-state index in [1.54, 1.807) is 0 Å². The predicted octanol–water partition coefficient (Wildman–Crippen LogP) is 14.4. The highest BCUT2D eigenvalue weighted by atomic mass is 32.1. The zero-order valence-electron chi connectivity index (χ0n) is 30.5. The van der Waals surface area contributed by atoms with Crippen LogP contribution in [0, 0.1) is 0 Å². The molecule has 1 spiro atoms. The number of rotatable bonds is 5. The normalized spacial score (nSPS) is 14.3. The minimum absolute atomic E-state index is 0.146. The number of hydrogen-bond acceptors (Lipinski definition) is 3. The molecule has 262 valence electrons. The maximum Gasteiger partial charge on any atom is 0.160 e. The molecule has 1 saturated carbocycles. The van der Waals surface area contributed by atoms with E-state index in [1.807, 2.05) is 17.4 Å². The number of nitrogens with zero attached hydrogens (tertiary/aromatic N) is 2. The lowest BCUT2D eigenvalue weighted by Crippen LogP contribution is -2.27. The molecule has 0 N–H and O–H groups in total. The predicted molar refractivity (Wildman–Crippen MR) is 231 cm³/mol. The van der Waals surface area contributed by atoms with Crippen LogP contribution >= 0.6 is 11.3 Å². The first-order valence-electron chi connectivity index (χ1n) is 19.5. The van der Waals surface area contributed by atoms with Gasteiger partial charge < -0.3 is 0 Å². The lowest BCUT2D eigenvalue weighted by molar-refractivity contribution is 0.353. The molecule has 2 nitrogen and oxygen atoms in total. The van der Waals surface area contributed by atoms with Crippen LogP contribution in [0.25, 0.3) is 87.5 Å². The van der Waals surface area contributed by atoms with Crippen LogP contribution in [0.15, 0.2) is 170 Å². The summed E-state index contributed by atoms with van der Waals surface area (Å²) in [5.74, 6) is 0.728. The van der Waals surface area contributed by atoms with Gasteiger partial charge >= 0.3 is 0 Å². The number of thiophene rings is 1. The van der Waals surface area contributed by atoms with Crippen LogP contribution in [-0.4, -0.2) is 9.97 Å². The molecule has 0 aliphatic heterocycles. The zero-order valence-corrected chi connectivity index (χ0v) is 31.3. The number of hydrogen-bond donors (Lipinski definition) is 0. The van der Waals surface area contributed by atoms with E-state index in [0.29, 0.717) is 0 Å². The molecule has 0 amide bonds. The first-order chi connectivity index (χ1) is 27.2. The molecule has 0 unspecified atom stereocenters. The van der Waals surface area contributed by atoms with E-state index >= 15 is 0 Å². The van der Waals surface area contributed by atoms with Crippen molar-refractivity contribution in [1.29, 1.82) is 0 Å². The van der Waals surface area contributed by atoms with E-state index in [4.69, 9.17) is 9.97 Å². The van der Waals surface area contributed by atoms with Crippen LogP contribution in [0.5, 0.6) is 0 Å². The Morgan fingerprint density at radius 1 is 0.400 bits per heavy atom. The van der Waals surface area contributed by atoms with Gasteiger partial charge in [-0.15, -0.1) is 11.3 Å². The molecule has 3 heteroatoms. The first-order valence-corrected chi connectivity index (χ1v) is 20.3. The molecule has 2 heterocycles. The molecule has 0 radical (unpaired) electrons. The van der Waals surface area contributed by atoms with Gasteiger partial charge in [-0.3, -0.25) is 0 Å². The summed E-state index contributed by atoms with van der Waals surface area (Å²) in [6.45, 7) is 0. The van der Waals surface area contributed by atoms with Gasteiger partial charge in [-0.1, -0.05) is 159 Å². The van der Waals surface area contributed by atoms with Gasteiger partial charge in [0.1, 0.15) is 0 Å². The molecule has 7 aromatic carbocycles. The number of benzene rings is 7. The van der Waals surface area contributed by atoms with Gasteiger partial charge in [0.15, 0.2) is 5.82 Å². The van der Waals surface area contributed by atoms with Gasteiger partial charge in [-0.2, -0.15) is 0 Å². The lowest BCUT2D eigenvalue weighted by Gasteiger charge is -2.36. The summed E-state index contributed by atoms with van der Waals surface area (Å²) in [7, 11) is 0. The molecule has 1 fully saturated rings. The fourth-order valence-electron chi connectivity index (χ4n) is 9.47. The molecule has 2 aliphatic rings. The summed E-state index contributed by atoms with van der Waals surface area (Å²) >= 11 is 1.87. The summed E-state index contributed by atoms with van der Waals surface area (Å²) in [5, 5.41) is 2.56. The van der Waals surface area contributed by atoms with Crippen LogP contribution in [0.4, 0.5) is 0 Å². The summed E-state index contributed by atoms with van der Waals surface area (Å²) in [4.78, 5) is 10.3. The van der Waals surface area contributed by atoms with Crippen molar-refractivity contribution < 1.29 is 0 Å². The SMILES string of the molecule is c1ccc(-c2ccc(-c3cc(-c4ccc5sc6ccc(-c7cccc8c7-c7ccccc7C87CCCCC7)cc6c5c4)nc(-c4ccccc4)n3)cc2)cc1. The van der Waals surface area contributed by atoms with E-state index in [9.17, 15) is 0 Å². The quantitative estimate of drug-likeness (QED) is 0.177. The average Bonchev–Trinajstić information content (AvgIpc) is 3.76. The molecule has 0 bridgehead atoms. The summed E-state index contributed by atoms with van der Waals surface area (Å²) in [5.41, 5.74) is 16.1. The monoisotopic (exact) mass is 722 g/mol. The molecule has 0 saturated heterocycles. The molecular formula is C52H38N2S. The van der Waals surface area contributed by atoms with Gasteiger partial charge in [0.2, 0.25) is 0 Å². The molecule has 11 rings (SSSR count). The summed E-state index contributed by atoms with van der Waals surface area (Å²) < 4.78 is 2.59. The molecule has 9 aromatic rings. The van der Waals surface area contributed by atoms with Crippen LogP contribution in [0.3, 0.4) is 0 Å².